The van der Waals surface area contributed by atoms with Crippen LogP contribution < -0.4 is 20.9 Å². The highest BCUT2D eigenvalue weighted by molar-refractivity contribution is 6.12. The average Bonchev–Trinajstić information content (AvgIpc) is 3.07. The maximum Gasteiger partial charge on any atom is 0.320 e. The Balaban J connectivity index is 1.67. The Morgan fingerprint density at radius 1 is 0.838 bits per heavy atom. The maximum absolute atomic E-state index is 14.0. The Bertz CT molecular complexity index is 1220. The van der Waals surface area contributed by atoms with Crippen LogP contribution in [0.1, 0.15) is 23.1 Å². The van der Waals surface area contributed by atoms with Gasteiger partial charge < -0.3 is 25.8 Å². The van der Waals surface area contributed by atoms with Gasteiger partial charge in [-0.15, -0.1) is 0 Å². The Kier molecular flexibility index (Phi) is 7.59. The van der Waals surface area contributed by atoms with Gasteiger partial charge in [-0.05, 0) is 58.3 Å². The van der Waals surface area contributed by atoms with Gasteiger partial charge in [-0.25, -0.2) is 4.79 Å². The predicted octanol–water partition coefficient (Wildman–Crippen LogP) is 4.26. The number of nitrogens with one attached hydrogen (secondary N) is 3. The molecule has 1 unspecified atom stereocenters. The summed E-state index contributed by atoms with van der Waals surface area (Å²) in [4.78, 5) is 44.2. The van der Waals surface area contributed by atoms with Crippen LogP contribution in [0.25, 0.3) is 0 Å². The highest BCUT2D eigenvalue weighted by Crippen LogP contribution is 2.42. The van der Waals surface area contributed by atoms with Gasteiger partial charge in [0.25, 0.3) is 5.91 Å². The number of nitrogens with zero attached hydrogens (tertiary/aromatic N) is 2. The largest absolute Gasteiger partial charge is 0.326 e. The predicted molar refractivity (Wildman–Crippen MR) is 147 cm³/mol. The number of fused-ring (bicyclic) bond motifs is 1. The van der Waals surface area contributed by atoms with Crippen LogP contribution in [0.4, 0.5) is 21.9 Å². The summed E-state index contributed by atoms with van der Waals surface area (Å²) in [7, 11) is 3.87. The van der Waals surface area contributed by atoms with Crippen molar-refractivity contribution in [2.45, 2.75) is 25.8 Å². The molecule has 1 aliphatic rings. The number of likely N-dealkylation sites (N-methyl/N-ethyl adjacent to an activating group) is 1. The third kappa shape index (κ3) is 5.81. The standard InChI is InChI=1S/C29H33N5O3/c1-20-9-13-22(14-10-20)30-26(35)19-29(32-28(37)31-23-15-11-21(2)12-16-23)24-7-5-6-8-25(24)34(27(29)36)18-17-33(3)4/h5-16H,17-19H2,1-4H3,(H,30,35)(H2,31,32,37). The van der Waals surface area contributed by atoms with E-state index in [4.69, 9.17) is 0 Å². The lowest BCUT2D eigenvalue weighted by atomic mass is 9.87. The number of aryl methyl sites for hydroxylation is 2. The Hall–Kier alpha value is -4.17. The summed E-state index contributed by atoms with van der Waals surface area (Å²) >= 11 is 0. The number of amides is 4. The molecule has 0 bridgehead atoms. The van der Waals surface area contributed by atoms with Gasteiger partial charge in [0.05, 0.1) is 6.42 Å². The normalized spacial score (nSPS) is 16.5. The first-order chi connectivity index (χ1) is 17.7. The summed E-state index contributed by atoms with van der Waals surface area (Å²) in [5.41, 5.74) is 3.06. The Morgan fingerprint density at radius 2 is 1.41 bits per heavy atom. The summed E-state index contributed by atoms with van der Waals surface area (Å²) < 4.78 is 0. The average molecular weight is 500 g/mol. The van der Waals surface area contributed by atoms with Gasteiger partial charge >= 0.3 is 6.03 Å². The van der Waals surface area contributed by atoms with Gasteiger partial charge in [0, 0.05) is 35.7 Å². The van der Waals surface area contributed by atoms with E-state index in [0.717, 1.165) is 11.1 Å². The van der Waals surface area contributed by atoms with Crippen LogP contribution in [-0.2, 0) is 15.1 Å². The number of carbonyl (C=O) groups excluding carboxylic acids is 3. The van der Waals surface area contributed by atoms with Crippen LogP contribution in [-0.4, -0.2) is 49.9 Å². The van der Waals surface area contributed by atoms with E-state index in [1.165, 1.54) is 0 Å². The van der Waals surface area contributed by atoms with Crippen molar-refractivity contribution in [2.75, 3.05) is 42.7 Å². The zero-order valence-electron chi connectivity index (χ0n) is 21.7. The third-order valence-corrected chi connectivity index (χ3v) is 6.43. The first-order valence-corrected chi connectivity index (χ1v) is 12.3. The minimum atomic E-state index is -1.56. The van der Waals surface area contributed by atoms with Crippen molar-refractivity contribution < 1.29 is 14.4 Å². The van der Waals surface area contributed by atoms with Crippen molar-refractivity contribution in [1.82, 2.24) is 10.2 Å². The summed E-state index contributed by atoms with van der Waals surface area (Å²) in [6.45, 7) is 4.97. The maximum atomic E-state index is 14.0. The number of benzene rings is 3. The molecular weight excluding hydrogens is 466 g/mol. The lowest BCUT2D eigenvalue weighted by Crippen LogP contribution is -2.56. The zero-order valence-corrected chi connectivity index (χ0v) is 21.7. The van der Waals surface area contributed by atoms with E-state index in [9.17, 15) is 14.4 Å². The zero-order chi connectivity index (χ0) is 26.6. The van der Waals surface area contributed by atoms with E-state index in [0.29, 0.717) is 35.7 Å². The van der Waals surface area contributed by atoms with Crippen molar-refractivity contribution in [3.05, 3.63) is 89.5 Å². The number of para-hydroxylation sites is 1. The number of anilines is 3. The van der Waals surface area contributed by atoms with E-state index in [-0.39, 0.29) is 18.2 Å². The fourth-order valence-electron chi connectivity index (χ4n) is 4.46. The monoisotopic (exact) mass is 499 g/mol. The molecule has 1 heterocycles. The highest BCUT2D eigenvalue weighted by Gasteiger charge is 2.53. The van der Waals surface area contributed by atoms with Gasteiger partial charge in [0.1, 0.15) is 0 Å². The molecule has 3 aromatic rings. The molecule has 4 rings (SSSR count). The second kappa shape index (κ2) is 10.8. The van der Waals surface area contributed by atoms with Crippen LogP contribution in [0.5, 0.6) is 0 Å². The first kappa shape index (κ1) is 25.9. The minimum Gasteiger partial charge on any atom is -0.326 e. The van der Waals surface area contributed by atoms with E-state index >= 15 is 0 Å². The second-order valence-electron chi connectivity index (χ2n) is 9.72. The topological polar surface area (TPSA) is 93.8 Å². The number of carbonyl (C=O) groups is 3. The number of hydrogen-bond donors (Lipinski definition) is 3. The van der Waals surface area contributed by atoms with Crippen LogP contribution >= 0.6 is 0 Å². The molecule has 8 heteroatoms. The molecule has 0 spiro atoms. The quantitative estimate of drug-likeness (QED) is 0.432. The summed E-state index contributed by atoms with van der Waals surface area (Å²) in [5.74, 6) is -0.717. The molecule has 0 aromatic heterocycles. The fraction of sp³-hybridized carbons (Fsp3) is 0.276. The molecule has 0 radical (unpaired) electrons. The molecule has 0 saturated heterocycles. The smallest absolute Gasteiger partial charge is 0.320 e. The van der Waals surface area contributed by atoms with E-state index < -0.39 is 11.6 Å². The summed E-state index contributed by atoms with van der Waals surface area (Å²) in [5, 5.41) is 8.57. The molecule has 3 aromatic carbocycles. The number of hydrogen-bond acceptors (Lipinski definition) is 4. The second-order valence-corrected chi connectivity index (χ2v) is 9.72. The van der Waals surface area contributed by atoms with Gasteiger partial charge in [-0.1, -0.05) is 53.6 Å². The first-order valence-electron chi connectivity index (χ1n) is 12.3. The molecule has 4 amide bonds. The van der Waals surface area contributed by atoms with E-state index in [2.05, 4.69) is 16.0 Å². The molecule has 0 aliphatic carbocycles. The van der Waals surface area contributed by atoms with E-state index in [1.807, 2.05) is 87.4 Å². The van der Waals surface area contributed by atoms with Crippen molar-refractivity contribution in [1.29, 1.82) is 0 Å². The summed E-state index contributed by atoms with van der Waals surface area (Å²) in [6.07, 6.45) is -0.253. The highest BCUT2D eigenvalue weighted by atomic mass is 16.2. The van der Waals surface area contributed by atoms with Crippen molar-refractivity contribution in [3.63, 3.8) is 0 Å². The lowest BCUT2D eigenvalue weighted by Gasteiger charge is -2.30. The van der Waals surface area contributed by atoms with Gasteiger partial charge in [0.15, 0.2) is 5.54 Å². The number of urea groups is 1. The molecule has 0 saturated carbocycles. The van der Waals surface area contributed by atoms with E-state index in [1.54, 1.807) is 23.1 Å². The summed E-state index contributed by atoms with van der Waals surface area (Å²) in [6, 6.07) is 21.5. The molecule has 37 heavy (non-hydrogen) atoms. The Labute approximate surface area is 217 Å². The molecule has 0 fully saturated rings. The molecule has 192 valence electrons. The lowest BCUT2D eigenvalue weighted by molar-refractivity contribution is -0.128. The van der Waals surface area contributed by atoms with Crippen molar-refractivity contribution >= 4 is 34.9 Å². The molecule has 1 atom stereocenters. The fourth-order valence-corrected chi connectivity index (χ4v) is 4.46. The van der Waals surface area contributed by atoms with Crippen LogP contribution in [0.3, 0.4) is 0 Å². The van der Waals surface area contributed by atoms with Gasteiger partial charge in [0.2, 0.25) is 5.91 Å². The van der Waals surface area contributed by atoms with Gasteiger partial charge in [-0.3, -0.25) is 9.59 Å². The molecule has 8 nitrogen and oxygen atoms in total. The van der Waals surface area contributed by atoms with Crippen molar-refractivity contribution in [3.8, 4) is 0 Å². The van der Waals surface area contributed by atoms with Crippen LogP contribution in [0.15, 0.2) is 72.8 Å². The SMILES string of the molecule is Cc1ccc(NC(=O)CC2(NC(=O)Nc3ccc(C)cc3)C(=O)N(CCN(C)C)c3ccccc32)cc1. The third-order valence-electron chi connectivity index (χ3n) is 6.43. The molecule has 3 N–H and O–H groups in total. The number of rotatable bonds is 8. The van der Waals surface area contributed by atoms with Crippen LogP contribution in [0.2, 0.25) is 0 Å². The van der Waals surface area contributed by atoms with Crippen LogP contribution in [0, 0.1) is 13.8 Å². The molecular formula is C29H33N5O3. The molecule has 1 aliphatic heterocycles. The van der Waals surface area contributed by atoms with Gasteiger partial charge in [-0.2, -0.15) is 0 Å². The minimum absolute atomic E-state index is 0.253. The Morgan fingerprint density at radius 3 is 2.00 bits per heavy atom. The van der Waals surface area contributed by atoms with Crippen molar-refractivity contribution in [2.24, 2.45) is 0 Å².